The molecule has 0 radical (unpaired) electrons. The van der Waals surface area contributed by atoms with Gasteiger partial charge in [0.05, 0.1) is 0 Å². The molecule has 1 aromatic carbocycles. The van der Waals surface area contributed by atoms with Crippen LogP contribution >= 0.6 is 0 Å². The Kier molecular flexibility index (Phi) is 5.70. The molecule has 0 aliphatic rings. The molecule has 1 heteroatoms. The average molecular weight is 234 g/mol. The van der Waals surface area contributed by atoms with Gasteiger partial charge in [0.25, 0.3) is 0 Å². The molecule has 0 aliphatic heterocycles. The molecule has 1 rings (SSSR count). The molecule has 1 N–H and O–H groups in total. The van der Waals surface area contributed by atoms with E-state index in [1.54, 1.807) is 0 Å². The van der Waals surface area contributed by atoms with Gasteiger partial charge in [0.15, 0.2) is 0 Å². The van der Waals surface area contributed by atoms with E-state index in [9.17, 15) is 0 Å². The molecule has 0 bridgehead atoms. The van der Waals surface area contributed by atoms with Crippen molar-refractivity contribution in [2.45, 2.75) is 58.3 Å². The summed E-state index contributed by atoms with van der Waals surface area (Å²) in [5, 5.41) is 8.72. The molecule has 0 heterocycles. The van der Waals surface area contributed by atoms with Crippen LogP contribution in [-0.4, -0.2) is 11.7 Å². The Labute approximate surface area is 106 Å². The zero-order valence-electron chi connectivity index (χ0n) is 11.5. The third-order valence-electron chi connectivity index (χ3n) is 3.74. The van der Waals surface area contributed by atoms with Crippen molar-refractivity contribution in [2.75, 3.05) is 6.61 Å². The Bertz CT molecular complexity index is 311. The van der Waals surface area contributed by atoms with Crippen molar-refractivity contribution in [3.8, 4) is 0 Å². The molecular formula is C16H26O. The molecule has 1 nitrogen and oxygen atoms in total. The van der Waals surface area contributed by atoms with Gasteiger partial charge in [-0.3, -0.25) is 0 Å². The minimum atomic E-state index is 0.287. The quantitative estimate of drug-likeness (QED) is 0.705. The minimum absolute atomic E-state index is 0.287. The van der Waals surface area contributed by atoms with E-state index in [-0.39, 0.29) is 5.41 Å². The van der Waals surface area contributed by atoms with Gasteiger partial charge >= 0.3 is 0 Å². The van der Waals surface area contributed by atoms with Crippen molar-refractivity contribution >= 4 is 0 Å². The summed E-state index contributed by atoms with van der Waals surface area (Å²) >= 11 is 0. The van der Waals surface area contributed by atoms with Crippen molar-refractivity contribution in [1.82, 2.24) is 0 Å². The maximum atomic E-state index is 8.72. The minimum Gasteiger partial charge on any atom is -0.396 e. The molecule has 0 aliphatic carbocycles. The summed E-state index contributed by atoms with van der Waals surface area (Å²) in [7, 11) is 0. The molecule has 0 fully saturated rings. The molecule has 0 spiro atoms. The second kappa shape index (κ2) is 6.80. The average Bonchev–Trinajstić information content (AvgIpc) is 2.35. The standard InChI is InChI=1S/C16H26O/c1-4-16(2,3)15-11-9-14(10-12-15)8-6-5-7-13-17/h9-12,17H,4-8,13H2,1-3H3. The van der Waals surface area contributed by atoms with E-state index in [1.807, 2.05) is 0 Å². The zero-order chi connectivity index (χ0) is 12.7. The molecular weight excluding hydrogens is 208 g/mol. The van der Waals surface area contributed by atoms with E-state index < -0.39 is 0 Å². The van der Waals surface area contributed by atoms with Gasteiger partial charge in [0, 0.05) is 6.61 Å². The summed E-state index contributed by atoms with van der Waals surface area (Å²) in [6, 6.07) is 9.05. The predicted octanol–water partition coefficient (Wildman–Crippen LogP) is 4.08. The third-order valence-corrected chi connectivity index (χ3v) is 3.74. The highest BCUT2D eigenvalue weighted by Gasteiger charge is 2.17. The summed E-state index contributed by atoms with van der Waals surface area (Å²) in [5.74, 6) is 0. The Morgan fingerprint density at radius 1 is 1.00 bits per heavy atom. The fourth-order valence-electron chi connectivity index (χ4n) is 1.94. The topological polar surface area (TPSA) is 20.2 Å². The van der Waals surface area contributed by atoms with Crippen LogP contribution in [0.25, 0.3) is 0 Å². The molecule has 0 saturated carbocycles. The van der Waals surface area contributed by atoms with E-state index in [1.165, 1.54) is 24.0 Å². The summed E-state index contributed by atoms with van der Waals surface area (Å²) in [6.45, 7) is 7.15. The van der Waals surface area contributed by atoms with Crippen LogP contribution in [0, 0.1) is 0 Å². The van der Waals surface area contributed by atoms with E-state index >= 15 is 0 Å². The van der Waals surface area contributed by atoms with Crippen molar-refractivity contribution in [1.29, 1.82) is 0 Å². The predicted molar refractivity (Wildman–Crippen MR) is 74.4 cm³/mol. The Morgan fingerprint density at radius 2 is 1.65 bits per heavy atom. The SMILES string of the molecule is CCC(C)(C)c1ccc(CCCCCO)cc1. The van der Waals surface area contributed by atoms with Crippen LogP contribution in [-0.2, 0) is 11.8 Å². The second-order valence-electron chi connectivity index (χ2n) is 5.47. The number of benzene rings is 1. The van der Waals surface area contributed by atoms with Crippen molar-refractivity contribution in [3.05, 3.63) is 35.4 Å². The number of aliphatic hydroxyl groups is 1. The zero-order valence-corrected chi connectivity index (χ0v) is 11.5. The van der Waals surface area contributed by atoms with E-state index in [2.05, 4.69) is 45.0 Å². The summed E-state index contributed by atoms with van der Waals surface area (Å²) in [6.07, 6.45) is 5.53. The highest BCUT2D eigenvalue weighted by molar-refractivity contribution is 5.28. The normalized spacial score (nSPS) is 11.8. The largest absolute Gasteiger partial charge is 0.396 e. The first-order valence-electron chi connectivity index (χ1n) is 6.80. The van der Waals surface area contributed by atoms with Crippen molar-refractivity contribution in [3.63, 3.8) is 0 Å². The number of unbranched alkanes of at least 4 members (excludes halogenated alkanes) is 2. The lowest BCUT2D eigenvalue weighted by Gasteiger charge is -2.23. The molecule has 96 valence electrons. The third kappa shape index (κ3) is 4.51. The second-order valence-corrected chi connectivity index (χ2v) is 5.47. The number of hydrogen-bond acceptors (Lipinski definition) is 1. The van der Waals surface area contributed by atoms with E-state index in [0.29, 0.717) is 6.61 Å². The van der Waals surface area contributed by atoms with Crippen LogP contribution in [0.3, 0.4) is 0 Å². The van der Waals surface area contributed by atoms with E-state index in [4.69, 9.17) is 5.11 Å². The Balaban J connectivity index is 2.50. The lowest BCUT2D eigenvalue weighted by molar-refractivity contribution is 0.283. The van der Waals surface area contributed by atoms with Gasteiger partial charge in [0.1, 0.15) is 0 Å². The highest BCUT2D eigenvalue weighted by atomic mass is 16.2. The molecule has 1 aromatic rings. The summed E-state index contributed by atoms with van der Waals surface area (Å²) in [4.78, 5) is 0. The maximum Gasteiger partial charge on any atom is 0.0431 e. The monoisotopic (exact) mass is 234 g/mol. The van der Waals surface area contributed by atoms with Crippen LogP contribution in [0.4, 0.5) is 0 Å². The fourth-order valence-corrected chi connectivity index (χ4v) is 1.94. The first kappa shape index (κ1) is 14.2. The lowest BCUT2D eigenvalue weighted by atomic mass is 9.82. The number of aryl methyl sites for hydroxylation is 1. The van der Waals surface area contributed by atoms with Gasteiger partial charge < -0.3 is 5.11 Å². The number of rotatable bonds is 7. The molecule has 0 atom stereocenters. The van der Waals surface area contributed by atoms with Crippen LogP contribution in [0.5, 0.6) is 0 Å². The van der Waals surface area contributed by atoms with Gasteiger partial charge in [-0.15, -0.1) is 0 Å². The fraction of sp³-hybridized carbons (Fsp3) is 0.625. The lowest BCUT2D eigenvalue weighted by Crippen LogP contribution is -2.15. The molecule has 0 amide bonds. The van der Waals surface area contributed by atoms with Crippen LogP contribution in [0.1, 0.15) is 57.6 Å². The smallest absolute Gasteiger partial charge is 0.0431 e. The van der Waals surface area contributed by atoms with Gasteiger partial charge in [-0.05, 0) is 42.2 Å². The molecule has 0 unspecified atom stereocenters. The van der Waals surface area contributed by atoms with Gasteiger partial charge in [-0.2, -0.15) is 0 Å². The van der Waals surface area contributed by atoms with Crippen molar-refractivity contribution < 1.29 is 5.11 Å². The molecule has 0 saturated heterocycles. The molecule has 17 heavy (non-hydrogen) atoms. The highest BCUT2D eigenvalue weighted by Crippen LogP contribution is 2.26. The summed E-state index contributed by atoms with van der Waals surface area (Å²) < 4.78 is 0. The van der Waals surface area contributed by atoms with Crippen LogP contribution < -0.4 is 0 Å². The van der Waals surface area contributed by atoms with Gasteiger partial charge in [-0.1, -0.05) is 51.5 Å². The van der Waals surface area contributed by atoms with Crippen LogP contribution in [0.2, 0.25) is 0 Å². The first-order valence-corrected chi connectivity index (χ1v) is 6.80. The van der Waals surface area contributed by atoms with Gasteiger partial charge in [0.2, 0.25) is 0 Å². The Hall–Kier alpha value is -0.820. The summed E-state index contributed by atoms with van der Waals surface area (Å²) in [5.41, 5.74) is 3.13. The van der Waals surface area contributed by atoms with Crippen molar-refractivity contribution in [2.24, 2.45) is 0 Å². The molecule has 0 aromatic heterocycles. The van der Waals surface area contributed by atoms with Gasteiger partial charge in [-0.25, -0.2) is 0 Å². The number of hydrogen-bond donors (Lipinski definition) is 1. The first-order chi connectivity index (χ1) is 8.10. The van der Waals surface area contributed by atoms with E-state index in [0.717, 1.165) is 19.3 Å². The maximum absolute atomic E-state index is 8.72. The van der Waals surface area contributed by atoms with Crippen LogP contribution in [0.15, 0.2) is 24.3 Å². The number of aliphatic hydroxyl groups excluding tert-OH is 1. The Morgan fingerprint density at radius 3 is 2.18 bits per heavy atom.